The maximum Gasteiger partial charge on any atom is 0.246 e. The van der Waals surface area contributed by atoms with E-state index in [0.29, 0.717) is 29.9 Å². The van der Waals surface area contributed by atoms with Crippen molar-refractivity contribution in [2.24, 2.45) is 5.92 Å². The molecule has 3 rings (SSSR count). The minimum absolute atomic E-state index is 0.177. The smallest absolute Gasteiger partial charge is 0.246 e. The molecule has 2 N–H and O–H groups in total. The monoisotopic (exact) mass is 380 g/mol. The van der Waals surface area contributed by atoms with Crippen molar-refractivity contribution in [1.29, 1.82) is 0 Å². The summed E-state index contributed by atoms with van der Waals surface area (Å²) in [6.45, 7) is 3.87. The van der Waals surface area contributed by atoms with Crippen LogP contribution in [0.25, 0.3) is 0 Å². The number of H-pyrrole nitrogens is 1. The Morgan fingerprint density at radius 1 is 1.23 bits per heavy atom. The zero-order chi connectivity index (χ0) is 18.9. The maximum absolute atomic E-state index is 12.9. The minimum Gasteiger partial charge on any atom is -0.326 e. The normalized spacial score (nSPS) is 16.6. The number of hydrogen-bond acceptors (Lipinski definition) is 4. The quantitative estimate of drug-likeness (QED) is 0.850. The summed E-state index contributed by atoms with van der Waals surface area (Å²) in [5.74, 6) is -0.825. The number of rotatable bonds is 4. The predicted molar refractivity (Wildman–Crippen MR) is 94.6 cm³/mol. The second-order valence-electron chi connectivity index (χ2n) is 6.44. The van der Waals surface area contributed by atoms with Gasteiger partial charge in [0, 0.05) is 24.7 Å². The number of carbonyl (C=O) groups is 1. The zero-order valence-corrected chi connectivity index (χ0v) is 15.4. The first-order valence-electron chi connectivity index (χ1n) is 8.37. The number of hydrogen-bond donors (Lipinski definition) is 2. The van der Waals surface area contributed by atoms with Gasteiger partial charge in [0.2, 0.25) is 15.9 Å². The van der Waals surface area contributed by atoms with Gasteiger partial charge < -0.3 is 5.32 Å². The van der Waals surface area contributed by atoms with Crippen LogP contribution < -0.4 is 5.32 Å². The number of aryl methyl sites for hydroxylation is 2. The Bertz CT molecular complexity index is 881. The Morgan fingerprint density at radius 2 is 1.85 bits per heavy atom. The van der Waals surface area contributed by atoms with Crippen LogP contribution in [0.15, 0.2) is 29.2 Å². The van der Waals surface area contributed by atoms with E-state index in [-0.39, 0.29) is 35.6 Å². The molecule has 140 valence electrons. The molecule has 1 aliphatic rings. The molecule has 1 fully saturated rings. The summed E-state index contributed by atoms with van der Waals surface area (Å²) in [5, 5.41) is 9.40. The number of carbonyl (C=O) groups excluding carboxylic acids is 1. The average Bonchev–Trinajstić information content (AvgIpc) is 2.96. The predicted octanol–water partition coefficient (Wildman–Crippen LogP) is 2.21. The Morgan fingerprint density at radius 3 is 2.38 bits per heavy atom. The van der Waals surface area contributed by atoms with Gasteiger partial charge >= 0.3 is 0 Å². The number of halogens is 1. The molecule has 1 saturated heterocycles. The highest BCUT2D eigenvalue weighted by Gasteiger charge is 2.34. The van der Waals surface area contributed by atoms with Gasteiger partial charge in [0.05, 0.1) is 11.4 Å². The lowest BCUT2D eigenvalue weighted by Gasteiger charge is -2.30. The van der Waals surface area contributed by atoms with E-state index >= 15 is 0 Å². The zero-order valence-electron chi connectivity index (χ0n) is 14.6. The van der Waals surface area contributed by atoms with E-state index in [0.717, 1.165) is 0 Å². The van der Waals surface area contributed by atoms with Crippen LogP contribution in [-0.2, 0) is 14.8 Å². The SMILES string of the molecule is Cc1n[nH]c(C)c1S(=O)(=O)N1CCC(C(=O)Nc2ccc(F)cc2)CC1. The Kier molecular flexibility index (Phi) is 5.10. The summed E-state index contributed by atoms with van der Waals surface area (Å²) < 4.78 is 40.0. The van der Waals surface area contributed by atoms with Crippen LogP contribution in [0.5, 0.6) is 0 Å². The molecule has 1 aromatic heterocycles. The molecule has 0 atom stereocenters. The first-order valence-corrected chi connectivity index (χ1v) is 9.81. The van der Waals surface area contributed by atoms with Crippen LogP contribution in [0.1, 0.15) is 24.2 Å². The molecule has 26 heavy (non-hydrogen) atoms. The lowest BCUT2D eigenvalue weighted by atomic mass is 9.97. The summed E-state index contributed by atoms with van der Waals surface area (Å²) in [4.78, 5) is 12.6. The van der Waals surface area contributed by atoms with Crippen LogP contribution >= 0.6 is 0 Å². The molecule has 1 amide bonds. The number of aromatic amines is 1. The highest BCUT2D eigenvalue weighted by atomic mass is 32.2. The molecule has 0 bridgehead atoms. The standard InChI is InChI=1S/C17H21FN4O3S/c1-11-16(12(2)21-20-11)26(24,25)22-9-7-13(8-10-22)17(23)19-15-5-3-14(18)4-6-15/h3-6,13H,7-10H2,1-2H3,(H,19,23)(H,20,21). The van der Waals surface area contributed by atoms with E-state index in [1.165, 1.54) is 28.6 Å². The van der Waals surface area contributed by atoms with Crippen LogP contribution in [0.3, 0.4) is 0 Å². The van der Waals surface area contributed by atoms with E-state index in [2.05, 4.69) is 15.5 Å². The Balaban J connectivity index is 1.63. The Hall–Kier alpha value is -2.26. The second-order valence-corrected chi connectivity index (χ2v) is 8.31. The number of nitrogens with one attached hydrogen (secondary N) is 2. The molecule has 2 aromatic rings. The fraction of sp³-hybridized carbons (Fsp3) is 0.412. The summed E-state index contributed by atoms with van der Waals surface area (Å²) >= 11 is 0. The summed E-state index contributed by atoms with van der Waals surface area (Å²) in [6.07, 6.45) is 0.865. The molecule has 0 radical (unpaired) electrons. The number of nitrogens with zero attached hydrogens (tertiary/aromatic N) is 2. The first-order chi connectivity index (χ1) is 12.3. The van der Waals surface area contributed by atoms with Gasteiger partial charge in [-0.1, -0.05) is 0 Å². The average molecular weight is 380 g/mol. The second kappa shape index (κ2) is 7.16. The van der Waals surface area contributed by atoms with Crippen molar-refractivity contribution in [1.82, 2.24) is 14.5 Å². The van der Waals surface area contributed by atoms with Gasteiger partial charge in [0.15, 0.2) is 0 Å². The number of sulfonamides is 1. The highest BCUT2D eigenvalue weighted by molar-refractivity contribution is 7.89. The van der Waals surface area contributed by atoms with Crippen molar-refractivity contribution in [2.45, 2.75) is 31.6 Å². The number of anilines is 1. The number of benzene rings is 1. The topological polar surface area (TPSA) is 95.2 Å². The molecule has 1 aromatic carbocycles. The van der Waals surface area contributed by atoms with Gasteiger partial charge in [-0.05, 0) is 51.0 Å². The van der Waals surface area contributed by atoms with E-state index in [1.54, 1.807) is 13.8 Å². The van der Waals surface area contributed by atoms with Crippen LogP contribution in [0.4, 0.5) is 10.1 Å². The van der Waals surface area contributed by atoms with Crippen molar-refractivity contribution in [2.75, 3.05) is 18.4 Å². The molecule has 0 aliphatic carbocycles. The lowest BCUT2D eigenvalue weighted by Crippen LogP contribution is -2.41. The van der Waals surface area contributed by atoms with Crippen molar-refractivity contribution >= 4 is 21.6 Å². The summed E-state index contributed by atoms with van der Waals surface area (Å²) in [6, 6.07) is 5.55. The molecule has 9 heteroatoms. The lowest BCUT2D eigenvalue weighted by molar-refractivity contribution is -0.120. The Labute approximate surface area is 151 Å². The number of piperidine rings is 1. The fourth-order valence-electron chi connectivity index (χ4n) is 3.19. The van der Waals surface area contributed by atoms with Gasteiger partial charge in [0.1, 0.15) is 10.7 Å². The van der Waals surface area contributed by atoms with E-state index < -0.39 is 10.0 Å². The van der Waals surface area contributed by atoms with Crippen molar-refractivity contribution < 1.29 is 17.6 Å². The van der Waals surface area contributed by atoms with E-state index in [9.17, 15) is 17.6 Å². The third-order valence-electron chi connectivity index (χ3n) is 4.59. The highest BCUT2D eigenvalue weighted by Crippen LogP contribution is 2.27. The molecule has 0 saturated carbocycles. The third kappa shape index (κ3) is 3.63. The number of aromatic nitrogens is 2. The van der Waals surface area contributed by atoms with Gasteiger partial charge in [0.25, 0.3) is 0 Å². The van der Waals surface area contributed by atoms with Gasteiger partial charge in [-0.25, -0.2) is 12.8 Å². The largest absolute Gasteiger partial charge is 0.326 e. The third-order valence-corrected chi connectivity index (χ3v) is 6.76. The van der Waals surface area contributed by atoms with Crippen LogP contribution in [-0.4, -0.2) is 41.9 Å². The van der Waals surface area contributed by atoms with Crippen LogP contribution in [0, 0.1) is 25.6 Å². The summed E-state index contributed by atoms with van der Waals surface area (Å²) in [7, 11) is -3.63. The minimum atomic E-state index is -3.63. The molecule has 0 spiro atoms. The molecule has 2 heterocycles. The molecule has 7 nitrogen and oxygen atoms in total. The van der Waals surface area contributed by atoms with E-state index in [4.69, 9.17) is 0 Å². The van der Waals surface area contributed by atoms with Gasteiger partial charge in [-0.2, -0.15) is 9.40 Å². The first kappa shape index (κ1) is 18.5. The maximum atomic E-state index is 12.9. The van der Waals surface area contributed by atoms with Crippen molar-refractivity contribution in [3.63, 3.8) is 0 Å². The summed E-state index contributed by atoms with van der Waals surface area (Å²) in [5.41, 5.74) is 1.48. The van der Waals surface area contributed by atoms with E-state index in [1.807, 2.05) is 0 Å². The molecule has 0 unspecified atom stereocenters. The van der Waals surface area contributed by atoms with Crippen molar-refractivity contribution in [3.8, 4) is 0 Å². The fourth-order valence-corrected chi connectivity index (χ4v) is 4.99. The molecule has 1 aliphatic heterocycles. The van der Waals surface area contributed by atoms with Crippen LogP contribution in [0.2, 0.25) is 0 Å². The molecular weight excluding hydrogens is 359 g/mol. The van der Waals surface area contributed by atoms with Gasteiger partial charge in [-0.3, -0.25) is 9.89 Å². The van der Waals surface area contributed by atoms with Gasteiger partial charge in [-0.15, -0.1) is 0 Å². The molecular formula is C17H21FN4O3S. The van der Waals surface area contributed by atoms with Crippen molar-refractivity contribution in [3.05, 3.63) is 41.5 Å². The number of amides is 1.